The van der Waals surface area contributed by atoms with Gasteiger partial charge in [-0.3, -0.25) is 9.78 Å². The Morgan fingerprint density at radius 1 is 1.48 bits per heavy atom. The highest BCUT2D eigenvalue weighted by atomic mass is 32.2. The second-order valence-corrected chi connectivity index (χ2v) is 7.27. The minimum atomic E-state index is -0.931. The third-order valence-corrected chi connectivity index (χ3v) is 4.32. The Morgan fingerprint density at radius 3 is 2.80 bits per heavy atom. The van der Waals surface area contributed by atoms with Crippen LogP contribution < -0.4 is 10.1 Å². The smallest absolute Gasteiger partial charge is 0.272 e. The van der Waals surface area contributed by atoms with Gasteiger partial charge in [0.2, 0.25) is 5.44 Å². The van der Waals surface area contributed by atoms with Crippen molar-refractivity contribution in [2.45, 2.75) is 31.7 Å². The second-order valence-electron chi connectivity index (χ2n) is 6.37. The van der Waals surface area contributed by atoms with Gasteiger partial charge in [0.1, 0.15) is 12.4 Å². The summed E-state index contributed by atoms with van der Waals surface area (Å²) >= 11 is 1.24. The fraction of sp³-hybridized carbons (Fsp3) is 0.368. The summed E-state index contributed by atoms with van der Waals surface area (Å²) in [6, 6.07) is 5.47. The van der Waals surface area contributed by atoms with Crippen molar-refractivity contribution in [1.29, 1.82) is 0 Å². The molecule has 0 spiro atoms. The number of nitrogens with one attached hydrogen (secondary N) is 1. The van der Waals surface area contributed by atoms with Crippen LogP contribution in [0.4, 0.5) is 4.39 Å². The normalized spacial score (nSPS) is 12.5. The maximum atomic E-state index is 12.9. The molecule has 1 aromatic heterocycles. The number of fused-ring (bicyclic) bond motifs is 1. The van der Waals surface area contributed by atoms with E-state index < -0.39 is 17.6 Å². The number of halogens is 1. The maximum Gasteiger partial charge on any atom is 0.272 e. The average Bonchev–Trinajstić information content (AvgIpc) is 2.58. The quantitative estimate of drug-likeness (QED) is 0.633. The Morgan fingerprint density at radius 2 is 2.20 bits per heavy atom. The van der Waals surface area contributed by atoms with Crippen LogP contribution in [0.1, 0.15) is 25.0 Å². The number of benzene rings is 1. The van der Waals surface area contributed by atoms with Gasteiger partial charge in [0.25, 0.3) is 5.91 Å². The fourth-order valence-corrected chi connectivity index (χ4v) is 2.78. The number of hydrogen-bond acceptors (Lipinski definition) is 4. The molecule has 0 fully saturated rings. The van der Waals surface area contributed by atoms with Gasteiger partial charge in [-0.1, -0.05) is 5.92 Å². The molecule has 1 heterocycles. The predicted octanol–water partition coefficient (Wildman–Crippen LogP) is 3.46. The van der Waals surface area contributed by atoms with Crippen molar-refractivity contribution in [2.75, 3.05) is 12.9 Å². The van der Waals surface area contributed by atoms with E-state index in [1.165, 1.54) is 11.8 Å². The van der Waals surface area contributed by atoms with Crippen LogP contribution in [0.15, 0.2) is 24.4 Å². The van der Waals surface area contributed by atoms with Crippen molar-refractivity contribution in [3.05, 3.63) is 35.5 Å². The van der Waals surface area contributed by atoms with Crippen LogP contribution in [-0.4, -0.2) is 34.8 Å². The number of rotatable bonds is 6. The Bertz CT molecular complexity index is 830. The van der Waals surface area contributed by atoms with E-state index in [9.17, 15) is 9.18 Å². The van der Waals surface area contributed by atoms with Gasteiger partial charge >= 0.3 is 0 Å². The number of ether oxygens (including phenoxy) is 1. The number of thioether (sulfide) groups is 1. The number of terminal acetylenes is 1. The minimum Gasteiger partial charge on any atom is -0.470 e. The summed E-state index contributed by atoms with van der Waals surface area (Å²) in [5, 5.41) is 3.49. The number of aryl methyl sites for hydroxylation is 1. The Kier molecular flexibility index (Phi) is 5.91. The molecule has 6 heteroatoms. The van der Waals surface area contributed by atoms with Crippen molar-refractivity contribution >= 4 is 28.6 Å². The van der Waals surface area contributed by atoms with Gasteiger partial charge in [0, 0.05) is 17.1 Å². The van der Waals surface area contributed by atoms with Gasteiger partial charge < -0.3 is 10.1 Å². The van der Waals surface area contributed by atoms with Gasteiger partial charge in [-0.2, -0.15) is 0 Å². The number of hydrogen-bond donors (Lipinski definition) is 1. The van der Waals surface area contributed by atoms with E-state index >= 15 is 0 Å². The zero-order chi connectivity index (χ0) is 18.6. The van der Waals surface area contributed by atoms with Crippen LogP contribution in [0.25, 0.3) is 10.9 Å². The summed E-state index contributed by atoms with van der Waals surface area (Å²) in [6.45, 7) is 4.50. The third-order valence-electron chi connectivity index (χ3n) is 3.58. The molecular formula is C19H21FN2O2S. The van der Waals surface area contributed by atoms with Crippen molar-refractivity contribution in [3.63, 3.8) is 0 Å². The van der Waals surface area contributed by atoms with Crippen LogP contribution in [-0.2, 0) is 4.79 Å². The van der Waals surface area contributed by atoms with E-state index in [1.54, 1.807) is 32.4 Å². The van der Waals surface area contributed by atoms with E-state index in [1.807, 2.05) is 19.1 Å². The Labute approximate surface area is 151 Å². The number of alkyl halides is 1. The van der Waals surface area contributed by atoms with Gasteiger partial charge in [0.15, 0.2) is 0 Å². The summed E-state index contributed by atoms with van der Waals surface area (Å²) in [4.78, 5) is 16.7. The van der Waals surface area contributed by atoms with Crippen LogP contribution in [0.2, 0.25) is 0 Å². The lowest BCUT2D eigenvalue weighted by Gasteiger charge is -2.25. The van der Waals surface area contributed by atoms with E-state index in [2.05, 4.69) is 16.2 Å². The molecule has 1 amide bonds. The van der Waals surface area contributed by atoms with Crippen LogP contribution in [0, 0.1) is 19.3 Å². The lowest BCUT2D eigenvalue weighted by atomic mass is 10.1. The molecule has 0 saturated carbocycles. The van der Waals surface area contributed by atoms with Crippen LogP contribution >= 0.6 is 11.8 Å². The van der Waals surface area contributed by atoms with E-state index in [4.69, 9.17) is 11.2 Å². The summed E-state index contributed by atoms with van der Waals surface area (Å²) in [7, 11) is 0. The van der Waals surface area contributed by atoms with Crippen molar-refractivity contribution in [3.8, 4) is 18.1 Å². The van der Waals surface area contributed by atoms with Crippen molar-refractivity contribution in [1.82, 2.24) is 10.3 Å². The topological polar surface area (TPSA) is 51.2 Å². The molecule has 0 bridgehead atoms. The molecule has 132 valence electrons. The first-order chi connectivity index (χ1) is 11.8. The highest BCUT2D eigenvalue weighted by Gasteiger charge is 2.27. The molecule has 0 aliphatic rings. The number of pyridine rings is 1. The van der Waals surface area contributed by atoms with Crippen LogP contribution in [0.3, 0.4) is 0 Å². The minimum absolute atomic E-state index is 0.372. The molecule has 25 heavy (non-hydrogen) atoms. The monoisotopic (exact) mass is 360 g/mol. The SMILES string of the molecule is C#Cc1cnc2c(C)cc(OC(SC)C(=O)NC(C)(C)CF)cc2c1. The molecule has 0 aliphatic heterocycles. The number of aromatic nitrogens is 1. The van der Waals surface area contributed by atoms with Gasteiger partial charge in [-0.05, 0) is 50.8 Å². The summed E-state index contributed by atoms with van der Waals surface area (Å²) < 4.78 is 18.8. The molecule has 0 radical (unpaired) electrons. The molecule has 4 nitrogen and oxygen atoms in total. The van der Waals surface area contributed by atoms with Gasteiger partial charge in [0.05, 0.1) is 11.1 Å². The lowest BCUT2D eigenvalue weighted by molar-refractivity contribution is -0.126. The fourth-order valence-electron chi connectivity index (χ4n) is 2.30. The van der Waals surface area contributed by atoms with Crippen molar-refractivity contribution < 1.29 is 13.9 Å². The molecule has 1 atom stereocenters. The number of carbonyl (C=O) groups excluding carboxylic acids is 1. The van der Waals surface area contributed by atoms with Gasteiger partial charge in [-0.15, -0.1) is 18.2 Å². The van der Waals surface area contributed by atoms with Crippen LogP contribution in [0.5, 0.6) is 5.75 Å². The lowest BCUT2D eigenvalue weighted by Crippen LogP contribution is -2.49. The molecular weight excluding hydrogens is 339 g/mol. The molecule has 1 aromatic carbocycles. The third kappa shape index (κ3) is 4.64. The summed E-state index contributed by atoms with van der Waals surface area (Å²) in [5.74, 6) is 2.72. The molecule has 0 saturated heterocycles. The first-order valence-electron chi connectivity index (χ1n) is 7.74. The molecule has 1 N–H and O–H groups in total. The largest absolute Gasteiger partial charge is 0.470 e. The van der Waals surface area contributed by atoms with E-state index in [-0.39, 0.29) is 5.91 Å². The maximum absolute atomic E-state index is 12.9. The number of nitrogens with zero attached hydrogens (tertiary/aromatic N) is 1. The van der Waals surface area contributed by atoms with Crippen molar-refractivity contribution in [2.24, 2.45) is 0 Å². The Hall–Kier alpha value is -2.26. The van der Waals surface area contributed by atoms with Gasteiger partial charge in [-0.25, -0.2) is 4.39 Å². The molecule has 0 aliphatic carbocycles. The number of carbonyl (C=O) groups is 1. The highest BCUT2D eigenvalue weighted by molar-refractivity contribution is 7.99. The first-order valence-corrected chi connectivity index (χ1v) is 9.03. The Balaban J connectivity index is 2.28. The number of amides is 1. The highest BCUT2D eigenvalue weighted by Crippen LogP contribution is 2.26. The zero-order valence-electron chi connectivity index (χ0n) is 14.7. The molecule has 2 aromatic rings. The van der Waals surface area contributed by atoms with E-state index in [0.717, 1.165) is 16.5 Å². The van der Waals surface area contributed by atoms with E-state index in [0.29, 0.717) is 11.3 Å². The predicted molar refractivity (Wildman–Crippen MR) is 101 cm³/mol. The standard InChI is InChI=1S/C19H21FN2O2S/c1-6-13-8-14-9-15(7-12(2)16(14)21-10-13)24-18(25-5)17(23)22-19(3,4)11-20/h1,7-10,18H,11H2,2-5H3,(H,22,23). The zero-order valence-corrected chi connectivity index (χ0v) is 15.5. The average molecular weight is 360 g/mol. The first kappa shape index (κ1) is 19.1. The summed E-state index contributed by atoms with van der Waals surface area (Å²) in [6.07, 6.45) is 8.83. The molecule has 2 rings (SSSR count). The second kappa shape index (κ2) is 7.75. The summed E-state index contributed by atoms with van der Waals surface area (Å²) in [5.41, 5.74) is 0.703. The molecule has 1 unspecified atom stereocenters.